The van der Waals surface area contributed by atoms with Gasteiger partial charge in [0.05, 0.1) is 6.20 Å². The summed E-state index contributed by atoms with van der Waals surface area (Å²) < 4.78 is 3.26. The van der Waals surface area contributed by atoms with E-state index >= 15 is 0 Å². The number of pyridine rings is 1. The van der Waals surface area contributed by atoms with Gasteiger partial charge in [0.15, 0.2) is 0 Å². The van der Waals surface area contributed by atoms with Crippen molar-refractivity contribution in [3.63, 3.8) is 0 Å². The van der Waals surface area contributed by atoms with Crippen LogP contribution in [0.15, 0.2) is 24.5 Å². The fourth-order valence-electron chi connectivity index (χ4n) is 1.59. The molecule has 0 saturated heterocycles. The van der Waals surface area contributed by atoms with Gasteiger partial charge in [-0.3, -0.25) is 4.40 Å². The van der Waals surface area contributed by atoms with Crippen LogP contribution in [0.2, 0.25) is 0 Å². The lowest BCUT2D eigenvalue weighted by atomic mass is 10.0. The molecule has 0 fully saturated rings. The van der Waals surface area contributed by atoms with Gasteiger partial charge < -0.3 is 0 Å². The van der Waals surface area contributed by atoms with Gasteiger partial charge in [-0.05, 0) is 52.6 Å². The molecular weight excluding hydrogens is 287 g/mol. The molecule has 0 aliphatic heterocycles. The van der Waals surface area contributed by atoms with Crippen molar-refractivity contribution in [1.82, 2.24) is 9.38 Å². The molecule has 3 heteroatoms. The minimum atomic E-state index is 0.700. The summed E-state index contributed by atoms with van der Waals surface area (Å²) in [4.78, 5) is 4.34. The van der Waals surface area contributed by atoms with Crippen LogP contribution in [0.3, 0.4) is 0 Å². The maximum absolute atomic E-state index is 4.34. The zero-order chi connectivity index (χ0) is 10.1. The second-order valence-electron chi connectivity index (χ2n) is 3.94. The van der Waals surface area contributed by atoms with Crippen LogP contribution in [0, 0.1) is 9.62 Å². The third-order valence-electron chi connectivity index (χ3n) is 2.18. The van der Waals surface area contributed by atoms with Gasteiger partial charge in [0.2, 0.25) is 0 Å². The summed E-state index contributed by atoms with van der Waals surface area (Å²) in [5, 5.41) is 0. The lowest BCUT2D eigenvalue weighted by Gasteiger charge is -2.05. The summed E-state index contributed by atoms with van der Waals surface area (Å²) in [5.74, 6) is 0.700. The number of hydrogen-bond acceptors (Lipinski definition) is 1. The molecule has 2 heterocycles. The maximum Gasteiger partial charge on any atom is 0.137 e. The molecule has 0 aliphatic carbocycles. The molecule has 0 spiro atoms. The van der Waals surface area contributed by atoms with Crippen LogP contribution >= 0.6 is 22.6 Å². The lowest BCUT2D eigenvalue weighted by Crippen LogP contribution is -1.95. The van der Waals surface area contributed by atoms with E-state index in [-0.39, 0.29) is 0 Å². The molecule has 14 heavy (non-hydrogen) atoms. The molecule has 0 atom stereocenters. The van der Waals surface area contributed by atoms with Crippen molar-refractivity contribution in [2.24, 2.45) is 5.92 Å². The van der Waals surface area contributed by atoms with Gasteiger partial charge in [-0.25, -0.2) is 4.98 Å². The Morgan fingerprint density at radius 3 is 3.00 bits per heavy atom. The third-order valence-corrected chi connectivity index (χ3v) is 2.97. The van der Waals surface area contributed by atoms with Gasteiger partial charge in [0.1, 0.15) is 9.35 Å². The van der Waals surface area contributed by atoms with Crippen LogP contribution in [0.4, 0.5) is 0 Å². The average Bonchev–Trinajstić information content (AvgIpc) is 2.46. The Labute approximate surface area is 97.5 Å². The Balaban J connectivity index is 2.42. The second-order valence-corrected chi connectivity index (χ2v) is 5.05. The minimum Gasteiger partial charge on any atom is -0.295 e. The number of fused-ring (bicyclic) bond motifs is 1. The van der Waals surface area contributed by atoms with Gasteiger partial charge in [-0.2, -0.15) is 0 Å². The molecule has 0 aromatic carbocycles. The normalized spacial score (nSPS) is 11.4. The average molecular weight is 300 g/mol. The van der Waals surface area contributed by atoms with Crippen molar-refractivity contribution >= 4 is 28.2 Å². The van der Waals surface area contributed by atoms with Crippen molar-refractivity contribution in [1.29, 1.82) is 0 Å². The molecule has 0 N–H and O–H groups in total. The molecule has 0 radical (unpaired) electrons. The summed E-state index contributed by atoms with van der Waals surface area (Å²) in [5.41, 5.74) is 2.42. The largest absolute Gasteiger partial charge is 0.295 e. The van der Waals surface area contributed by atoms with E-state index in [4.69, 9.17) is 0 Å². The zero-order valence-electron chi connectivity index (χ0n) is 8.37. The number of imidazole rings is 1. The van der Waals surface area contributed by atoms with E-state index in [1.165, 1.54) is 5.56 Å². The lowest BCUT2D eigenvalue weighted by molar-refractivity contribution is 0.647. The van der Waals surface area contributed by atoms with Crippen molar-refractivity contribution in [3.05, 3.63) is 33.8 Å². The quantitative estimate of drug-likeness (QED) is 0.779. The van der Waals surface area contributed by atoms with Crippen LogP contribution < -0.4 is 0 Å². The van der Waals surface area contributed by atoms with Crippen LogP contribution in [-0.4, -0.2) is 9.38 Å². The van der Waals surface area contributed by atoms with E-state index in [1.54, 1.807) is 0 Å². The van der Waals surface area contributed by atoms with E-state index in [2.05, 4.69) is 64.2 Å². The summed E-state index contributed by atoms with van der Waals surface area (Å²) in [6.45, 7) is 4.47. The van der Waals surface area contributed by atoms with E-state index < -0.39 is 0 Å². The molecule has 0 saturated carbocycles. The van der Waals surface area contributed by atoms with Crippen molar-refractivity contribution in [2.75, 3.05) is 0 Å². The van der Waals surface area contributed by atoms with Crippen molar-refractivity contribution < 1.29 is 0 Å². The first kappa shape index (κ1) is 9.96. The fraction of sp³-hybridized carbons (Fsp3) is 0.364. The van der Waals surface area contributed by atoms with Crippen LogP contribution in [0.25, 0.3) is 5.65 Å². The number of halogens is 1. The summed E-state index contributed by atoms with van der Waals surface area (Å²) >= 11 is 2.29. The summed E-state index contributed by atoms with van der Waals surface area (Å²) in [6, 6.07) is 4.35. The molecule has 2 aromatic heterocycles. The van der Waals surface area contributed by atoms with Gasteiger partial charge in [0, 0.05) is 6.20 Å². The number of nitrogens with zero attached hydrogens (tertiary/aromatic N) is 2. The molecule has 0 amide bonds. The van der Waals surface area contributed by atoms with Crippen molar-refractivity contribution in [2.45, 2.75) is 20.3 Å². The van der Waals surface area contributed by atoms with E-state index in [9.17, 15) is 0 Å². The Kier molecular flexibility index (Phi) is 2.76. The first-order valence-electron chi connectivity index (χ1n) is 4.78. The molecule has 2 nitrogen and oxygen atoms in total. The molecular formula is C11H13IN2. The van der Waals surface area contributed by atoms with E-state index in [0.29, 0.717) is 5.92 Å². The van der Waals surface area contributed by atoms with Gasteiger partial charge in [-0.15, -0.1) is 0 Å². The molecule has 0 unspecified atom stereocenters. The van der Waals surface area contributed by atoms with Crippen LogP contribution in [0.5, 0.6) is 0 Å². The topological polar surface area (TPSA) is 17.3 Å². The Hall–Kier alpha value is -0.580. The fourth-order valence-corrected chi connectivity index (χ4v) is 2.14. The Bertz CT molecular complexity index is 445. The predicted octanol–water partition coefficient (Wildman–Crippen LogP) is 3.14. The monoisotopic (exact) mass is 300 g/mol. The highest BCUT2D eigenvalue weighted by Gasteiger charge is 2.02. The molecule has 0 bridgehead atoms. The molecule has 0 aliphatic rings. The summed E-state index contributed by atoms with van der Waals surface area (Å²) in [7, 11) is 0. The van der Waals surface area contributed by atoms with Gasteiger partial charge in [0.25, 0.3) is 0 Å². The molecule has 2 rings (SSSR count). The van der Waals surface area contributed by atoms with Gasteiger partial charge in [-0.1, -0.05) is 13.8 Å². The van der Waals surface area contributed by atoms with Crippen LogP contribution in [-0.2, 0) is 6.42 Å². The smallest absolute Gasteiger partial charge is 0.137 e. The highest BCUT2D eigenvalue weighted by molar-refractivity contribution is 14.1. The van der Waals surface area contributed by atoms with E-state index in [0.717, 1.165) is 15.8 Å². The standard InChI is InChI=1S/C11H13IN2/c1-8(2)5-9-3-4-14-10(12)7-13-11(14)6-9/h3-4,6-8H,5H2,1-2H3. The number of hydrogen-bond donors (Lipinski definition) is 0. The van der Waals surface area contributed by atoms with Crippen molar-refractivity contribution in [3.8, 4) is 0 Å². The summed E-state index contributed by atoms with van der Waals surface area (Å²) in [6.07, 6.45) is 5.12. The highest BCUT2D eigenvalue weighted by Crippen LogP contribution is 2.13. The Morgan fingerprint density at radius 1 is 1.50 bits per heavy atom. The zero-order valence-corrected chi connectivity index (χ0v) is 10.5. The molecule has 74 valence electrons. The number of aromatic nitrogens is 2. The highest BCUT2D eigenvalue weighted by atomic mass is 127. The first-order valence-corrected chi connectivity index (χ1v) is 5.86. The second kappa shape index (κ2) is 3.88. The third kappa shape index (κ3) is 1.92. The number of rotatable bonds is 2. The molecule has 2 aromatic rings. The van der Waals surface area contributed by atoms with E-state index in [1.807, 2.05) is 6.20 Å². The SMILES string of the molecule is CC(C)Cc1ccn2c(I)cnc2c1. The minimum absolute atomic E-state index is 0.700. The maximum atomic E-state index is 4.34. The van der Waals surface area contributed by atoms with Crippen LogP contribution in [0.1, 0.15) is 19.4 Å². The predicted molar refractivity (Wildman–Crippen MR) is 66.5 cm³/mol. The Morgan fingerprint density at radius 2 is 2.29 bits per heavy atom. The van der Waals surface area contributed by atoms with Gasteiger partial charge >= 0.3 is 0 Å². The first-order chi connectivity index (χ1) is 6.66.